The van der Waals surface area contributed by atoms with Crippen molar-refractivity contribution in [3.8, 4) is 11.5 Å². The number of hydrazone groups is 1. The standard InChI is InChI=1S/C20H20BrN5O3/c1-3-28-18-10-15(11-22-25-19-13(2)24-26-20(27)23-19)6-9-17(18)29-12-14-4-7-16(21)8-5-14/h4-11H,3,12H2,1-2H3,(H2,23,25,26,27)/b22-11-. The van der Waals surface area contributed by atoms with Crippen LogP contribution in [0.4, 0.5) is 5.82 Å². The molecule has 8 nitrogen and oxygen atoms in total. The Morgan fingerprint density at radius 1 is 1.17 bits per heavy atom. The van der Waals surface area contributed by atoms with Gasteiger partial charge in [-0.2, -0.15) is 15.2 Å². The first-order valence-corrected chi connectivity index (χ1v) is 9.71. The third kappa shape index (κ3) is 5.89. The molecule has 9 heteroatoms. The van der Waals surface area contributed by atoms with Crippen LogP contribution in [-0.4, -0.2) is 28.0 Å². The van der Waals surface area contributed by atoms with E-state index in [4.69, 9.17) is 9.47 Å². The van der Waals surface area contributed by atoms with Crippen LogP contribution in [0.15, 0.2) is 56.8 Å². The van der Waals surface area contributed by atoms with E-state index < -0.39 is 5.69 Å². The number of aromatic amines is 1. The van der Waals surface area contributed by atoms with Crippen LogP contribution in [0.25, 0.3) is 0 Å². The van der Waals surface area contributed by atoms with E-state index in [0.29, 0.717) is 36.2 Å². The Hall–Kier alpha value is -3.20. The van der Waals surface area contributed by atoms with Gasteiger partial charge >= 0.3 is 5.69 Å². The molecule has 3 rings (SSSR count). The van der Waals surface area contributed by atoms with Gasteiger partial charge in [-0.05, 0) is 55.3 Å². The van der Waals surface area contributed by atoms with E-state index in [1.54, 1.807) is 13.1 Å². The maximum absolute atomic E-state index is 11.3. The summed E-state index contributed by atoms with van der Waals surface area (Å²) in [4.78, 5) is 15.0. The number of nitrogens with one attached hydrogen (secondary N) is 2. The molecule has 0 atom stereocenters. The molecule has 150 valence electrons. The van der Waals surface area contributed by atoms with Gasteiger partial charge in [-0.15, -0.1) is 0 Å². The molecule has 0 radical (unpaired) electrons. The molecule has 0 unspecified atom stereocenters. The maximum Gasteiger partial charge on any atom is 0.363 e. The molecule has 3 aromatic rings. The number of rotatable bonds is 8. The van der Waals surface area contributed by atoms with Crippen LogP contribution in [0, 0.1) is 6.92 Å². The van der Waals surface area contributed by atoms with Gasteiger partial charge in [0.25, 0.3) is 0 Å². The second-order valence-corrected chi connectivity index (χ2v) is 6.91. The molecule has 0 spiro atoms. The van der Waals surface area contributed by atoms with Gasteiger partial charge in [-0.3, -0.25) is 5.43 Å². The molecular formula is C20H20BrN5O3. The molecule has 1 heterocycles. The molecule has 0 aliphatic carbocycles. The van der Waals surface area contributed by atoms with Gasteiger partial charge in [0, 0.05) is 4.47 Å². The number of halogens is 1. The fraction of sp³-hybridized carbons (Fsp3) is 0.200. The molecule has 0 saturated heterocycles. The smallest absolute Gasteiger partial charge is 0.363 e. The average Bonchev–Trinajstić information content (AvgIpc) is 2.71. The molecule has 0 aliphatic heterocycles. The zero-order valence-corrected chi connectivity index (χ0v) is 17.6. The Morgan fingerprint density at radius 3 is 2.72 bits per heavy atom. The zero-order valence-electron chi connectivity index (χ0n) is 16.0. The molecule has 29 heavy (non-hydrogen) atoms. The number of aromatic nitrogens is 3. The number of ether oxygens (including phenoxy) is 2. The van der Waals surface area contributed by atoms with Crippen molar-refractivity contribution in [1.82, 2.24) is 15.2 Å². The normalized spacial score (nSPS) is 10.9. The topological polar surface area (TPSA) is 101 Å². The largest absolute Gasteiger partial charge is 0.490 e. The lowest BCUT2D eigenvalue weighted by Gasteiger charge is -2.12. The predicted octanol–water partition coefficient (Wildman–Crippen LogP) is 3.66. The first kappa shape index (κ1) is 20.5. The Balaban J connectivity index is 1.70. The number of anilines is 1. The van der Waals surface area contributed by atoms with Gasteiger partial charge in [-0.25, -0.2) is 9.89 Å². The van der Waals surface area contributed by atoms with E-state index >= 15 is 0 Å². The van der Waals surface area contributed by atoms with Crippen LogP contribution >= 0.6 is 15.9 Å². The zero-order chi connectivity index (χ0) is 20.6. The third-order valence-corrected chi connectivity index (χ3v) is 4.36. The lowest BCUT2D eigenvalue weighted by Crippen LogP contribution is -2.15. The van der Waals surface area contributed by atoms with Gasteiger partial charge in [0.2, 0.25) is 0 Å². The summed E-state index contributed by atoms with van der Waals surface area (Å²) < 4.78 is 12.6. The molecule has 0 fully saturated rings. The van der Waals surface area contributed by atoms with E-state index in [1.807, 2.05) is 49.4 Å². The monoisotopic (exact) mass is 457 g/mol. The molecule has 0 aliphatic rings. The van der Waals surface area contributed by atoms with E-state index in [9.17, 15) is 4.79 Å². The highest BCUT2D eigenvalue weighted by Gasteiger charge is 2.07. The van der Waals surface area contributed by atoms with Crippen LogP contribution in [0.3, 0.4) is 0 Å². The number of benzene rings is 2. The molecular weight excluding hydrogens is 438 g/mol. The Kier molecular flexibility index (Phi) is 6.96. The van der Waals surface area contributed by atoms with Crippen LogP contribution in [0.5, 0.6) is 11.5 Å². The van der Waals surface area contributed by atoms with Gasteiger partial charge in [0.05, 0.1) is 12.8 Å². The number of hydrogen-bond donors (Lipinski definition) is 2. The first-order valence-electron chi connectivity index (χ1n) is 8.91. The summed E-state index contributed by atoms with van der Waals surface area (Å²) in [5.41, 5.74) is 4.57. The SMILES string of the molecule is CCOc1cc(/C=N\Nc2nc(=O)[nH]nc2C)ccc1OCc1ccc(Br)cc1. The first-order chi connectivity index (χ1) is 14.0. The Labute approximate surface area is 176 Å². The highest BCUT2D eigenvalue weighted by atomic mass is 79.9. The number of nitrogens with zero attached hydrogens (tertiary/aromatic N) is 3. The summed E-state index contributed by atoms with van der Waals surface area (Å²) in [5.74, 6) is 1.57. The lowest BCUT2D eigenvalue weighted by atomic mass is 10.2. The van der Waals surface area contributed by atoms with Gasteiger partial charge in [0.15, 0.2) is 17.3 Å². The van der Waals surface area contributed by atoms with Crippen molar-refractivity contribution in [3.05, 3.63) is 74.2 Å². The van der Waals surface area contributed by atoms with E-state index in [1.165, 1.54) is 0 Å². The van der Waals surface area contributed by atoms with Crippen LogP contribution in [0.1, 0.15) is 23.7 Å². The highest BCUT2D eigenvalue weighted by molar-refractivity contribution is 9.10. The summed E-state index contributed by atoms with van der Waals surface area (Å²) in [5, 5.41) is 10.2. The fourth-order valence-corrected chi connectivity index (χ4v) is 2.66. The summed E-state index contributed by atoms with van der Waals surface area (Å²) >= 11 is 3.42. The predicted molar refractivity (Wildman–Crippen MR) is 115 cm³/mol. The van der Waals surface area contributed by atoms with Crippen molar-refractivity contribution >= 4 is 28.0 Å². The lowest BCUT2D eigenvalue weighted by molar-refractivity contribution is 0.269. The minimum Gasteiger partial charge on any atom is -0.490 e. The minimum atomic E-state index is -0.542. The fourth-order valence-electron chi connectivity index (χ4n) is 2.40. The van der Waals surface area contributed by atoms with Gasteiger partial charge < -0.3 is 9.47 Å². The summed E-state index contributed by atoms with van der Waals surface area (Å²) in [6.45, 7) is 4.57. The molecule has 0 amide bonds. The minimum absolute atomic E-state index is 0.296. The average molecular weight is 458 g/mol. The quantitative estimate of drug-likeness (QED) is 0.395. The van der Waals surface area contributed by atoms with Crippen molar-refractivity contribution in [3.63, 3.8) is 0 Å². The van der Waals surface area contributed by atoms with Crippen molar-refractivity contribution < 1.29 is 9.47 Å². The second-order valence-electron chi connectivity index (χ2n) is 6.00. The van der Waals surface area contributed by atoms with Crippen molar-refractivity contribution in [2.24, 2.45) is 5.10 Å². The Bertz CT molecular complexity index is 1050. The Morgan fingerprint density at radius 2 is 1.97 bits per heavy atom. The number of hydrogen-bond acceptors (Lipinski definition) is 7. The van der Waals surface area contributed by atoms with Gasteiger partial charge in [0.1, 0.15) is 12.3 Å². The number of aryl methyl sites for hydroxylation is 1. The van der Waals surface area contributed by atoms with Crippen molar-refractivity contribution in [2.75, 3.05) is 12.0 Å². The summed E-state index contributed by atoms with van der Waals surface area (Å²) in [6.07, 6.45) is 1.60. The molecule has 2 aromatic carbocycles. The van der Waals surface area contributed by atoms with E-state index in [2.05, 4.69) is 41.6 Å². The summed E-state index contributed by atoms with van der Waals surface area (Å²) in [7, 11) is 0. The maximum atomic E-state index is 11.3. The molecule has 0 bridgehead atoms. The van der Waals surface area contributed by atoms with E-state index in [0.717, 1.165) is 15.6 Å². The van der Waals surface area contributed by atoms with Crippen molar-refractivity contribution in [2.45, 2.75) is 20.5 Å². The van der Waals surface area contributed by atoms with Crippen LogP contribution < -0.4 is 20.6 Å². The van der Waals surface area contributed by atoms with Crippen LogP contribution in [-0.2, 0) is 6.61 Å². The molecule has 2 N–H and O–H groups in total. The third-order valence-electron chi connectivity index (χ3n) is 3.83. The summed E-state index contributed by atoms with van der Waals surface area (Å²) in [6, 6.07) is 13.5. The number of H-pyrrole nitrogens is 1. The molecule has 0 saturated carbocycles. The van der Waals surface area contributed by atoms with Crippen molar-refractivity contribution in [1.29, 1.82) is 0 Å². The second kappa shape index (κ2) is 9.83. The van der Waals surface area contributed by atoms with E-state index in [-0.39, 0.29) is 0 Å². The highest BCUT2D eigenvalue weighted by Crippen LogP contribution is 2.29. The molecule has 1 aromatic heterocycles. The van der Waals surface area contributed by atoms with Crippen LogP contribution in [0.2, 0.25) is 0 Å². The van der Waals surface area contributed by atoms with Gasteiger partial charge in [-0.1, -0.05) is 28.1 Å².